The molecule has 0 radical (unpaired) electrons. The Morgan fingerprint density at radius 3 is 2.55 bits per heavy atom. The van der Waals surface area contributed by atoms with Gasteiger partial charge >= 0.3 is 0 Å². The summed E-state index contributed by atoms with van der Waals surface area (Å²) in [5, 5.41) is 12.1. The van der Waals surface area contributed by atoms with Crippen molar-refractivity contribution in [3.05, 3.63) is 59.7 Å². The van der Waals surface area contributed by atoms with Gasteiger partial charge in [-0.15, -0.1) is 0 Å². The fraction of sp³-hybridized carbons (Fsp3) is 0.188. The van der Waals surface area contributed by atoms with E-state index in [1.165, 1.54) is 18.4 Å². The lowest BCUT2D eigenvalue weighted by Gasteiger charge is -2.13. The van der Waals surface area contributed by atoms with Crippen LogP contribution in [0.4, 0.5) is 5.69 Å². The smallest absolute Gasteiger partial charge is 0.242 e. The molecule has 0 unspecified atom stereocenters. The zero-order valence-corrected chi connectivity index (χ0v) is 13.3. The van der Waals surface area contributed by atoms with Gasteiger partial charge in [-0.2, -0.15) is 5.26 Å². The van der Waals surface area contributed by atoms with E-state index < -0.39 is 10.0 Å². The lowest BCUT2D eigenvalue weighted by molar-refractivity contribution is 0.520. The molecular weight excluding hydrogens is 298 g/mol. The summed E-state index contributed by atoms with van der Waals surface area (Å²) in [4.78, 5) is 0.266. The van der Waals surface area contributed by atoms with Gasteiger partial charge in [0.15, 0.2) is 0 Å². The standard InChI is InChI=1S/C16H17N3O2S/c1-19(2)22(20,21)16-8-4-6-14(10-16)12-18-15-7-3-5-13(9-15)11-17/h3-10,18H,12H2,1-2H3. The third-order valence-electron chi connectivity index (χ3n) is 3.17. The second kappa shape index (κ2) is 6.60. The molecule has 2 aromatic carbocycles. The molecule has 2 rings (SSSR count). The fourth-order valence-corrected chi connectivity index (χ4v) is 2.90. The zero-order chi connectivity index (χ0) is 16.2. The van der Waals surface area contributed by atoms with E-state index in [9.17, 15) is 8.42 Å². The van der Waals surface area contributed by atoms with Gasteiger partial charge in [-0.25, -0.2) is 12.7 Å². The van der Waals surface area contributed by atoms with Crippen LogP contribution in [0.25, 0.3) is 0 Å². The van der Waals surface area contributed by atoms with E-state index >= 15 is 0 Å². The Labute approximate surface area is 130 Å². The van der Waals surface area contributed by atoms with Gasteiger partial charge < -0.3 is 5.32 Å². The number of sulfonamides is 1. The molecule has 0 aromatic heterocycles. The van der Waals surface area contributed by atoms with E-state index in [4.69, 9.17) is 5.26 Å². The Kier molecular flexibility index (Phi) is 4.81. The van der Waals surface area contributed by atoms with Crippen LogP contribution in [-0.2, 0) is 16.6 Å². The van der Waals surface area contributed by atoms with E-state index in [1.54, 1.807) is 36.4 Å². The van der Waals surface area contributed by atoms with Crippen molar-refractivity contribution in [3.63, 3.8) is 0 Å². The monoisotopic (exact) mass is 315 g/mol. The molecule has 0 amide bonds. The van der Waals surface area contributed by atoms with Crippen LogP contribution >= 0.6 is 0 Å². The van der Waals surface area contributed by atoms with Crippen LogP contribution in [0.2, 0.25) is 0 Å². The van der Waals surface area contributed by atoms with Crippen LogP contribution in [0.1, 0.15) is 11.1 Å². The number of nitrogens with one attached hydrogen (secondary N) is 1. The molecule has 0 bridgehead atoms. The van der Waals surface area contributed by atoms with Gasteiger partial charge in [0.2, 0.25) is 10.0 Å². The molecule has 5 nitrogen and oxygen atoms in total. The molecule has 0 saturated carbocycles. The van der Waals surface area contributed by atoms with Gasteiger partial charge in [0.05, 0.1) is 16.5 Å². The third-order valence-corrected chi connectivity index (χ3v) is 4.98. The molecular formula is C16H17N3O2S. The van der Waals surface area contributed by atoms with Gasteiger partial charge in [0.25, 0.3) is 0 Å². The maximum absolute atomic E-state index is 12.1. The maximum Gasteiger partial charge on any atom is 0.242 e. The summed E-state index contributed by atoms with van der Waals surface area (Å²) in [6.45, 7) is 0.478. The quantitative estimate of drug-likeness (QED) is 0.919. The Morgan fingerprint density at radius 2 is 1.86 bits per heavy atom. The minimum atomic E-state index is -3.43. The normalized spacial score (nSPS) is 11.2. The highest BCUT2D eigenvalue weighted by Crippen LogP contribution is 2.16. The van der Waals surface area contributed by atoms with Crippen molar-refractivity contribution >= 4 is 15.7 Å². The lowest BCUT2D eigenvalue weighted by atomic mass is 10.2. The molecule has 1 N–H and O–H groups in total. The van der Waals surface area contributed by atoms with Crippen LogP contribution in [0.5, 0.6) is 0 Å². The fourth-order valence-electron chi connectivity index (χ4n) is 1.93. The average Bonchev–Trinajstić information content (AvgIpc) is 2.53. The van der Waals surface area contributed by atoms with Gasteiger partial charge in [-0.05, 0) is 35.9 Å². The number of nitriles is 1. The van der Waals surface area contributed by atoms with Crippen molar-refractivity contribution in [1.29, 1.82) is 5.26 Å². The van der Waals surface area contributed by atoms with Crippen LogP contribution in [-0.4, -0.2) is 26.8 Å². The van der Waals surface area contributed by atoms with E-state index in [-0.39, 0.29) is 4.90 Å². The summed E-state index contributed by atoms with van der Waals surface area (Å²) in [5.41, 5.74) is 2.25. The van der Waals surface area contributed by atoms with Crippen molar-refractivity contribution in [3.8, 4) is 6.07 Å². The van der Waals surface area contributed by atoms with Gasteiger partial charge in [-0.1, -0.05) is 18.2 Å². The molecule has 0 spiro atoms. The molecule has 0 aliphatic rings. The number of rotatable bonds is 5. The number of hydrogen-bond acceptors (Lipinski definition) is 4. The second-order valence-corrected chi connectivity index (χ2v) is 7.13. The summed E-state index contributed by atoms with van der Waals surface area (Å²) in [6, 6.07) is 16.0. The van der Waals surface area contributed by atoms with Crippen LogP contribution in [0.15, 0.2) is 53.4 Å². The highest BCUT2D eigenvalue weighted by Gasteiger charge is 2.16. The molecule has 114 valence electrons. The first kappa shape index (κ1) is 16.0. The molecule has 22 heavy (non-hydrogen) atoms. The largest absolute Gasteiger partial charge is 0.381 e. The number of anilines is 1. The van der Waals surface area contributed by atoms with E-state index in [0.29, 0.717) is 12.1 Å². The van der Waals surface area contributed by atoms with E-state index in [2.05, 4.69) is 11.4 Å². The predicted octanol–water partition coefficient (Wildman–Crippen LogP) is 2.42. The Bertz CT molecular complexity index is 808. The SMILES string of the molecule is CN(C)S(=O)(=O)c1cccc(CNc2cccc(C#N)c2)c1. The molecule has 0 aliphatic heterocycles. The maximum atomic E-state index is 12.1. The average molecular weight is 315 g/mol. The van der Waals surface area contributed by atoms with Crippen LogP contribution in [0, 0.1) is 11.3 Å². The minimum absolute atomic E-state index is 0.266. The summed E-state index contributed by atoms with van der Waals surface area (Å²) in [6.07, 6.45) is 0. The molecule has 0 atom stereocenters. The predicted molar refractivity (Wildman–Crippen MR) is 85.8 cm³/mol. The Balaban J connectivity index is 2.16. The first-order chi connectivity index (χ1) is 10.4. The molecule has 0 saturated heterocycles. The second-order valence-electron chi connectivity index (χ2n) is 4.98. The Morgan fingerprint density at radius 1 is 1.14 bits per heavy atom. The first-order valence-corrected chi connectivity index (χ1v) is 8.13. The molecule has 0 fully saturated rings. The molecule has 0 heterocycles. The number of nitrogens with zero attached hydrogens (tertiary/aromatic N) is 2. The van der Waals surface area contributed by atoms with Crippen LogP contribution in [0.3, 0.4) is 0 Å². The first-order valence-electron chi connectivity index (χ1n) is 6.69. The Hall–Kier alpha value is -2.36. The number of benzene rings is 2. The van der Waals surface area contributed by atoms with E-state index in [1.807, 2.05) is 12.1 Å². The van der Waals surface area contributed by atoms with Gasteiger partial charge in [0.1, 0.15) is 0 Å². The number of hydrogen-bond donors (Lipinski definition) is 1. The van der Waals surface area contributed by atoms with Crippen molar-refractivity contribution in [2.75, 3.05) is 19.4 Å². The van der Waals surface area contributed by atoms with Gasteiger partial charge in [0, 0.05) is 26.3 Å². The van der Waals surface area contributed by atoms with Crippen molar-refractivity contribution < 1.29 is 8.42 Å². The van der Waals surface area contributed by atoms with Crippen LogP contribution < -0.4 is 5.32 Å². The zero-order valence-electron chi connectivity index (χ0n) is 12.4. The van der Waals surface area contributed by atoms with Gasteiger partial charge in [-0.3, -0.25) is 0 Å². The topological polar surface area (TPSA) is 73.2 Å². The van der Waals surface area contributed by atoms with Crippen molar-refractivity contribution in [2.24, 2.45) is 0 Å². The summed E-state index contributed by atoms with van der Waals surface area (Å²) >= 11 is 0. The molecule has 0 aliphatic carbocycles. The van der Waals surface area contributed by atoms with Crippen molar-refractivity contribution in [2.45, 2.75) is 11.4 Å². The summed E-state index contributed by atoms with van der Waals surface area (Å²) in [5.74, 6) is 0. The summed E-state index contributed by atoms with van der Waals surface area (Å²) in [7, 11) is -0.415. The van der Waals surface area contributed by atoms with E-state index in [0.717, 1.165) is 11.3 Å². The molecule has 2 aromatic rings. The highest BCUT2D eigenvalue weighted by atomic mass is 32.2. The lowest BCUT2D eigenvalue weighted by Crippen LogP contribution is -2.22. The van der Waals surface area contributed by atoms with Crippen molar-refractivity contribution in [1.82, 2.24) is 4.31 Å². The summed E-state index contributed by atoms with van der Waals surface area (Å²) < 4.78 is 25.4. The molecule has 6 heteroatoms. The third kappa shape index (κ3) is 3.64. The highest BCUT2D eigenvalue weighted by molar-refractivity contribution is 7.89. The minimum Gasteiger partial charge on any atom is -0.381 e.